The van der Waals surface area contributed by atoms with Crippen LogP contribution in [0.15, 0.2) is 16.6 Å². The lowest BCUT2D eigenvalue weighted by Gasteiger charge is -2.26. The van der Waals surface area contributed by atoms with Crippen molar-refractivity contribution in [3.63, 3.8) is 0 Å². The molecule has 124 valence electrons. The lowest BCUT2D eigenvalue weighted by atomic mass is 10.2. The van der Waals surface area contributed by atoms with Crippen molar-refractivity contribution < 1.29 is 9.47 Å². The Morgan fingerprint density at radius 2 is 2.09 bits per heavy atom. The Balaban J connectivity index is 1.56. The van der Waals surface area contributed by atoms with Crippen LogP contribution in [0, 0.1) is 6.92 Å². The van der Waals surface area contributed by atoms with Crippen LogP contribution in [0.4, 0.5) is 0 Å². The summed E-state index contributed by atoms with van der Waals surface area (Å²) in [5.74, 6) is 0.737. The zero-order chi connectivity index (χ0) is 15.8. The van der Waals surface area contributed by atoms with Crippen molar-refractivity contribution in [3.05, 3.63) is 27.2 Å². The highest BCUT2D eigenvalue weighted by atomic mass is 79.9. The summed E-state index contributed by atoms with van der Waals surface area (Å²) in [5.41, 5.74) is 1.12. The largest absolute Gasteiger partial charge is 0.491 e. The molecule has 1 aliphatic heterocycles. The van der Waals surface area contributed by atoms with Crippen LogP contribution in [0.25, 0.3) is 0 Å². The Hall–Kier alpha value is -0.330. The molecule has 22 heavy (non-hydrogen) atoms. The molecule has 1 fully saturated rings. The van der Waals surface area contributed by atoms with Crippen LogP contribution in [-0.2, 0) is 4.74 Å². The molecular formula is C16H24BrClN2O2. The van der Waals surface area contributed by atoms with Gasteiger partial charge in [-0.1, -0.05) is 11.6 Å². The highest BCUT2D eigenvalue weighted by molar-refractivity contribution is 9.10. The van der Waals surface area contributed by atoms with E-state index in [0.717, 1.165) is 68.1 Å². The van der Waals surface area contributed by atoms with E-state index in [1.165, 1.54) is 0 Å². The molecule has 0 radical (unpaired) electrons. The molecule has 1 saturated heterocycles. The van der Waals surface area contributed by atoms with Gasteiger partial charge in [0, 0.05) is 26.2 Å². The van der Waals surface area contributed by atoms with Crippen LogP contribution in [0.2, 0.25) is 5.02 Å². The van der Waals surface area contributed by atoms with Crippen molar-refractivity contribution >= 4 is 27.5 Å². The van der Waals surface area contributed by atoms with Gasteiger partial charge in [-0.2, -0.15) is 0 Å². The molecule has 6 heteroatoms. The SMILES string of the molecule is Cc1cc(Cl)c(OCCCNCCN2CCOCC2)c(Br)c1. The molecule has 1 aromatic rings. The monoisotopic (exact) mass is 390 g/mol. The van der Waals surface area contributed by atoms with Gasteiger partial charge in [-0.15, -0.1) is 0 Å². The predicted octanol–water partition coefficient (Wildman–Crippen LogP) is 3.10. The van der Waals surface area contributed by atoms with Crippen molar-refractivity contribution in [1.29, 1.82) is 0 Å². The Bertz CT molecular complexity index is 444. The van der Waals surface area contributed by atoms with Crippen molar-refractivity contribution in [1.82, 2.24) is 10.2 Å². The Labute approximate surface area is 146 Å². The van der Waals surface area contributed by atoms with Crippen LogP contribution in [0.3, 0.4) is 0 Å². The molecule has 4 nitrogen and oxygen atoms in total. The lowest BCUT2D eigenvalue weighted by molar-refractivity contribution is 0.0384. The normalized spacial score (nSPS) is 16.0. The van der Waals surface area contributed by atoms with Gasteiger partial charge in [-0.05, 0) is 53.5 Å². The van der Waals surface area contributed by atoms with Crippen LogP contribution in [0.1, 0.15) is 12.0 Å². The molecule has 0 amide bonds. The second kappa shape index (κ2) is 9.73. The maximum Gasteiger partial charge on any atom is 0.152 e. The first-order chi connectivity index (χ1) is 10.7. The predicted molar refractivity (Wildman–Crippen MR) is 94.1 cm³/mol. The molecular weight excluding hydrogens is 368 g/mol. The number of morpholine rings is 1. The van der Waals surface area contributed by atoms with E-state index in [2.05, 4.69) is 26.1 Å². The van der Waals surface area contributed by atoms with Gasteiger partial charge in [-0.3, -0.25) is 4.90 Å². The third-order valence-corrected chi connectivity index (χ3v) is 4.47. The van der Waals surface area contributed by atoms with E-state index in [1.807, 2.05) is 19.1 Å². The quantitative estimate of drug-likeness (QED) is 0.691. The van der Waals surface area contributed by atoms with E-state index >= 15 is 0 Å². The molecule has 0 spiro atoms. The van der Waals surface area contributed by atoms with Crippen molar-refractivity contribution in [3.8, 4) is 5.75 Å². The first kappa shape index (κ1) is 18.0. The third kappa shape index (κ3) is 6.05. The number of ether oxygens (including phenoxy) is 2. The van der Waals surface area contributed by atoms with Gasteiger partial charge in [0.1, 0.15) is 0 Å². The molecule has 0 saturated carbocycles. The highest BCUT2D eigenvalue weighted by Gasteiger charge is 2.09. The molecule has 1 aromatic carbocycles. The highest BCUT2D eigenvalue weighted by Crippen LogP contribution is 2.34. The van der Waals surface area contributed by atoms with Gasteiger partial charge in [-0.25, -0.2) is 0 Å². The Morgan fingerprint density at radius 3 is 2.82 bits per heavy atom. The van der Waals surface area contributed by atoms with E-state index < -0.39 is 0 Å². The number of hydrogen-bond acceptors (Lipinski definition) is 4. The van der Waals surface area contributed by atoms with Gasteiger partial charge >= 0.3 is 0 Å². The molecule has 0 atom stereocenters. The minimum absolute atomic E-state index is 0.659. The van der Waals surface area contributed by atoms with Gasteiger partial charge in [0.25, 0.3) is 0 Å². The second-order valence-electron chi connectivity index (χ2n) is 5.46. The average Bonchev–Trinajstić information content (AvgIpc) is 2.49. The average molecular weight is 392 g/mol. The zero-order valence-corrected chi connectivity index (χ0v) is 15.4. The zero-order valence-electron chi connectivity index (χ0n) is 13.0. The lowest BCUT2D eigenvalue weighted by Crippen LogP contribution is -2.40. The topological polar surface area (TPSA) is 33.7 Å². The standard InChI is InChI=1S/C16H24BrClN2O2/c1-13-11-14(17)16(15(18)12-13)22-8-2-3-19-4-5-20-6-9-21-10-7-20/h11-12,19H,2-10H2,1H3. The maximum absolute atomic E-state index is 6.20. The van der Waals surface area contributed by atoms with Gasteiger partial charge in [0.15, 0.2) is 5.75 Å². The summed E-state index contributed by atoms with van der Waals surface area (Å²) in [5, 5.41) is 4.11. The fourth-order valence-electron chi connectivity index (χ4n) is 2.38. The molecule has 0 bridgehead atoms. The first-order valence-electron chi connectivity index (χ1n) is 7.76. The molecule has 0 aromatic heterocycles. The van der Waals surface area contributed by atoms with Gasteiger partial charge in [0.05, 0.1) is 29.3 Å². The van der Waals surface area contributed by atoms with Crippen molar-refractivity contribution in [2.45, 2.75) is 13.3 Å². The van der Waals surface area contributed by atoms with E-state index in [9.17, 15) is 0 Å². The summed E-state index contributed by atoms with van der Waals surface area (Å²) in [6.45, 7) is 9.53. The minimum Gasteiger partial charge on any atom is -0.491 e. The second-order valence-corrected chi connectivity index (χ2v) is 6.73. The summed E-state index contributed by atoms with van der Waals surface area (Å²) < 4.78 is 12.0. The van der Waals surface area contributed by atoms with Crippen LogP contribution >= 0.6 is 27.5 Å². The fraction of sp³-hybridized carbons (Fsp3) is 0.625. The number of aryl methyl sites for hydroxylation is 1. The number of halogens is 2. The van der Waals surface area contributed by atoms with Crippen molar-refractivity contribution in [2.75, 3.05) is 52.5 Å². The van der Waals surface area contributed by atoms with Crippen molar-refractivity contribution in [2.24, 2.45) is 0 Å². The number of nitrogens with zero attached hydrogens (tertiary/aromatic N) is 1. The van der Waals surface area contributed by atoms with Crippen LogP contribution < -0.4 is 10.1 Å². The summed E-state index contributed by atoms with van der Waals surface area (Å²) >= 11 is 9.69. The maximum atomic E-state index is 6.20. The van der Waals surface area contributed by atoms with E-state index in [4.69, 9.17) is 21.1 Å². The Morgan fingerprint density at radius 1 is 1.32 bits per heavy atom. The Kier molecular flexibility index (Phi) is 7.97. The van der Waals surface area contributed by atoms with Crippen LogP contribution in [-0.4, -0.2) is 57.4 Å². The first-order valence-corrected chi connectivity index (χ1v) is 8.93. The van der Waals surface area contributed by atoms with E-state index in [0.29, 0.717) is 11.6 Å². The number of hydrogen-bond donors (Lipinski definition) is 1. The molecule has 2 rings (SSSR count). The number of benzene rings is 1. The molecule has 0 aliphatic carbocycles. The van der Waals surface area contributed by atoms with E-state index in [-0.39, 0.29) is 0 Å². The van der Waals surface area contributed by atoms with Gasteiger partial charge < -0.3 is 14.8 Å². The minimum atomic E-state index is 0.659. The number of nitrogens with one attached hydrogen (secondary N) is 1. The third-order valence-electron chi connectivity index (χ3n) is 3.60. The molecule has 1 N–H and O–H groups in total. The van der Waals surface area contributed by atoms with Gasteiger partial charge in [0.2, 0.25) is 0 Å². The smallest absolute Gasteiger partial charge is 0.152 e. The van der Waals surface area contributed by atoms with E-state index in [1.54, 1.807) is 0 Å². The molecule has 1 heterocycles. The summed E-state index contributed by atoms with van der Waals surface area (Å²) in [6.07, 6.45) is 0.958. The number of rotatable bonds is 8. The summed E-state index contributed by atoms with van der Waals surface area (Å²) in [4.78, 5) is 2.43. The molecule has 1 aliphatic rings. The molecule has 0 unspecified atom stereocenters. The van der Waals surface area contributed by atoms with Crippen LogP contribution in [0.5, 0.6) is 5.75 Å². The fourth-order valence-corrected chi connectivity index (χ4v) is 3.51. The summed E-state index contributed by atoms with van der Waals surface area (Å²) in [7, 11) is 0. The summed E-state index contributed by atoms with van der Waals surface area (Å²) in [6, 6.07) is 3.93.